The number of guanidine groups is 1. The molecule has 0 saturated heterocycles. The maximum absolute atomic E-state index is 5.07. The zero-order valence-corrected chi connectivity index (χ0v) is 13.7. The summed E-state index contributed by atoms with van der Waals surface area (Å²) >= 11 is 0. The van der Waals surface area contributed by atoms with Gasteiger partial charge in [0.15, 0.2) is 5.96 Å². The molecule has 0 unspecified atom stereocenters. The molecule has 124 valence electrons. The highest BCUT2D eigenvalue weighted by Crippen LogP contribution is 2.17. The fourth-order valence-electron chi connectivity index (χ4n) is 2.70. The lowest BCUT2D eigenvalue weighted by Crippen LogP contribution is -2.43. The van der Waals surface area contributed by atoms with Gasteiger partial charge in [0.05, 0.1) is 13.2 Å². The second-order valence-corrected chi connectivity index (χ2v) is 5.57. The van der Waals surface area contributed by atoms with Crippen LogP contribution in [0.5, 0.6) is 0 Å². The van der Waals surface area contributed by atoms with Crippen molar-refractivity contribution in [3.05, 3.63) is 12.2 Å². The van der Waals surface area contributed by atoms with Crippen LogP contribution in [0.25, 0.3) is 0 Å². The predicted octanol–water partition coefficient (Wildman–Crippen LogP) is 0.965. The van der Waals surface area contributed by atoms with Crippen LogP contribution in [0.2, 0.25) is 0 Å². The van der Waals surface area contributed by atoms with Crippen molar-refractivity contribution >= 4 is 5.96 Å². The molecule has 7 heteroatoms. The third-order valence-corrected chi connectivity index (χ3v) is 3.92. The van der Waals surface area contributed by atoms with Crippen LogP contribution >= 0.6 is 0 Å². The van der Waals surface area contributed by atoms with E-state index in [2.05, 4.69) is 37.3 Å². The van der Waals surface area contributed by atoms with Gasteiger partial charge in [-0.15, -0.1) is 10.2 Å². The lowest BCUT2D eigenvalue weighted by Gasteiger charge is -2.17. The van der Waals surface area contributed by atoms with Crippen LogP contribution in [0.3, 0.4) is 0 Å². The van der Waals surface area contributed by atoms with E-state index in [0.717, 1.165) is 31.3 Å². The molecule has 1 aliphatic carbocycles. The first-order valence-electron chi connectivity index (χ1n) is 8.24. The van der Waals surface area contributed by atoms with Crippen molar-refractivity contribution in [2.75, 3.05) is 26.8 Å². The van der Waals surface area contributed by atoms with Gasteiger partial charge < -0.3 is 19.9 Å². The van der Waals surface area contributed by atoms with E-state index < -0.39 is 0 Å². The van der Waals surface area contributed by atoms with Crippen molar-refractivity contribution in [3.8, 4) is 0 Å². The molecule has 1 saturated carbocycles. The first-order chi connectivity index (χ1) is 10.8. The molecule has 0 radical (unpaired) electrons. The van der Waals surface area contributed by atoms with Gasteiger partial charge in [-0.25, -0.2) is 0 Å². The van der Waals surface area contributed by atoms with Gasteiger partial charge in [0.1, 0.15) is 12.2 Å². The van der Waals surface area contributed by atoms with E-state index in [0.29, 0.717) is 19.2 Å². The highest BCUT2D eigenvalue weighted by molar-refractivity contribution is 5.80. The van der Waals surface area contributed by atoms with Gasteiger partial charge in [-0.3, -0.25) is 4.99 Å². The monoisotopic (exact) mass is 308 g/mol. The highest BCUT2D eigenvalue weighted by Gasteiger charge is 2.15. The van der Waals surface area contributed by atoms with E-state index in [1.165, 1.54) is 25.7 Å². The molecule has 1 aromatic heterocycles. The Labute approximate surface area is 132 Å². The number of aliphatic imine (C=N–C) groups is 1. The van der Waals surface area contributed by atoms with E-state index in [4.69, 9.17) is 4.74 Å². The van der Waals surface area contributed by atoms with Crippen LogP contribution in [-0.2, 0) is 17.7 Å². The number of rotatable bonds is 8. The van der Waals surface area contributed by atoms with Crippen LogP contribution in [0, 0.1) is 0 Å². The highest BCUT2D eigenvalue weighted by atomic mass is 16.5. The van der Waals surface area contributed by atoms with Gasteiger partial charge in [0, 0.05) is 32.7 Å². The van der Waals surface area contributed by atoms with Gasteiger partial charge >= 0.3 is 0 Å². The van der Waals surface area contributed by atoms with E-state index in [9.17, 15) is 0 Å². The summed E-state index contributed by atoms with van der Waals surface area (Å²) in [5, 5.41) is 15.0. The smallest absolute Gasteiger partial charge is 0.191 e. The van der Waals surface area contributed by atoms with Gasteiger partial charge in [0.25, 0.3) is 0 Å². The second-order valence-electron chi connectivity index (χ2n) is 5.57. The van der Waals surface area contributed by atoms with Crippen molar-refractivity contribution in [2.24, 2.45) is 4.99 Å². The van der Waals surface area contributed by atoms with Gasteiger partial charge in [-0.05, 0) is 12.8 Å². The molecule has 22 heavy (non-hydrogen) atoms. The van der Waals surface area contributed by atoms with Gasteiger partial charge in [-0.1, -0.05) is 19.8 Å². The van der Waals surface area contributed by atoms with Crippen LogP contribution in [0.15, 0.2) is 11.3 Å². The Balaban J connectivity index is 1.81. The number of nitrogens with zero attached hydrogens (tertiary/aromatic N) is 4. The standard InChI is InChI=1S/C15H28N6O/c1-3-14-20-18-12-21(14)10-8-16-15(17-9-11-22-2)19-13-6-4-5-7-13/h12-13H,3-11H2,1-2H3,(H2,16,17,19). The average molecular weight is 308 g/mol. The third kappa shape index (κ3) is 5.29. The molecule has 0 aromatic carbocycles. The van der Waals surface area contributed by atoms with Crippen molar-refractivity contribution < 1.29 is 4.74 Å². The Morgan fingerprint density at radius 2 is 2.27 bits per heavy atom. The summed E-state index contributed by atoms with van der Waals surface area (Å²) in [5.41, 5.74) is 0. The minimum atomic E-state index is 0.551. The minimum absolute atomic E-state index is 0.551. The topological polar surface area (TPSA) is 76.4 Å². The number of ether oxygens (including phenoxy) is 1. The van der Waals surface area contributed by atoms with E-state index >= 15 is 0 Å². The molecule has 7 nitrogen and oxygen atoms in total. The summed E-state index contributed by atoms with van der Waals surface area (Å²) in [4.78, 5) is 4.57. The Morgan fingerprint density at radius 1 is 1.45 bits per heavy atom. The van der Waals surface area contributed by atoms with Gasteiger partial charge in [-0.2, -0.15) is 0 Å². The largest absolute Gasteiger partial charge is 0.383 e. The summed E-state index contributed by atoms with van der Waals surface area (Å²) in [6, 6.07) is 0.551. The quantitative estimate of drug-likeness (QED) is 0.425. The number of aryl methyl sites for hydroxylation is 1. The lowest BCUT2D eigenvalue weighted by molar-refractivity contribution is 0.208. The molecular weight excluding hydrogens is 280 g/mol. The van der Waals surface area contributed by atoms with E-state index in [-0.39, 0.29) is 0 Å². The van der Waals surface area contributed by atoms with Crippen LogP contribution < -0.4 is 10.6 Å². The first-order valence-corrected chi connectivity index (χ1v) is 8.24. The molecule has 1 heterocycles. The third-order valence-electron chi connectivity index (χ3n) is 3.92. The Morgan fingerprint density at radius 3 is 3.00 bits per heavy atom. The summed E-state index contributed by atoms with van der Waals surface area (Å²) in [6.07, 6.45) is 7.77. The van der Waals surface area contributed by atoms with Crippen molar-refractivity contribution in [1.82, 2.24) is 25.4 Å². The predicted molar refractivity (Wildman–Crippen MR) is 87.0 cm³/mol. The second kappa shape index (κ2) is 9.40. The Hall–Kier alpha value is -1.63. The summed E-state index contributed by atoms with van der Waals surface area (Å²) in [5.74, 6) is 1.90. The lowest BCUT2D eigenvalue weighted by atomic mass is 10.2. The van der Waals surface area contributed by atoms with Crippen LogP contribution in [0.1, 0.15) is 38.4 Å². The molecule has 0 bridgehead atoms. The molecule has 2 rings (SSSR count). The SMILES string of the molecule is CCc1nncn1CCNC(=NCCOC)NC1CCCC1. The number of hydrogen-bond acceptors (Lipinski definition) is 4. The molecule has 0 aliphatic heterocycles. The zero-order valence-electron chi connectivity index (χ0n) is 13.7. The summed E-state index contributed by atoms with van der Waals surface area (Å²) < 4.78 is 7.15. The number of methoxy groups -OCH3 is 1. The van der Waals surface area contributed by atoms with Crippen molar-refractivity contribution in [3.63, 3.8) is 0 Å². The number of nitrogens with one attached hydrogen (secondary N) is 2. The van der Waals surface area contributed by atoms with E-state index in [1.807, 2.05) is 0 Å². The Bertz CT molecular complexity index is 453. The fourth-order valence-corrected chi connectivity index (χ4v) is 2.70. The molecule has 1 aliphatic rings. The molecule has 1 fully saturated rings. The maximum Gasteiger partial charge on any atom is 0.191 e. The number of aromatic nitrogens is 3. The molecule has 2 N–H and O–H groups in total. The molecule has 1 aromatic rings. The molecular formula is C15H28N6O. The Kier molecular flexibility index (Phi) is 7.15. The van der Waals surface area contributed by atoms with Crippen molar-refractivity contribution in [2.45, 2.75) is 51.6 Å². The summed E-state index contributed by atoms with van der Waals surface area (Å²) in [7, 11) is 1.70. The first kappa shape index (κ1) is 16.7. The number of hydrogen-bond donors (Lipinski definition) is 2. The van der Waals surface area contributed by atoms with Crippen LogP contribution in [-0.4, -0.2) is 53.6 Å². The summed E-state index contributed by atoms with van der Waals surface area (Å²) in [6.45, 7) is 5.05. The zero-order chi connectivity index (χ0) is 15.6. The van der Waals surface area contributed by atoms with Crippen LogP contribution in [0.4, 0.5) is 0 Å². The van der Waals surface area contributed by atoms with Gasteiger partial charge in [0.2, 0.25) is 0 Å². The fraction of sp³-hybridized carbons (Fsp3) is 0.800. The molecule has 0 atom stereocenters. The van der Waals surface area contributed by atoms with E-state index in [1.54, 1.807) is 13.4 Å². The van der Waals surface area contributed by atoms with Crippen molar-refractivity contribution in [1.29, 1.82) is 0 Å². The molecule has 0 amide bonds. The minimum Gasteiger partial charge on any atom is -0.383 e. The normalized spacial score (nSPS) is 16.2. The average Bonchev–Trinajstić information content (AvgIpc) is 3.18. The maximum atomic E-state index is 5.07. The molecule has 0 spiro atoms.